The molecule has 148 valence electrons. The average Bonchev–Trinajstić information content (AvgIpc) is 3.07. The molecule has 0 spiro atoms. The van der Waals surface area contributed by atoms with E-state index in [9.17, 15) is 4.79 Å². The first-order valence-corrected chi connectivity index (χ1v) is 12.8. The predicted molar refractivity (Wildman–Crippen MR) is 113 cm³/mol. The monoisotopic (exact) mass is 433 g/mol. The summed E-state index contributed by atoms with van der Waals surface area (Å²) < 4.78 is 0. The third kappa shape index (κ3) is 3.24. The van der Waals surface area contributed by atoms with Crippen LogP contribution in [0.1, 0.15) is 59.4 Å². The summed E-state index contributed by atoms with van der Waals surface area (Å²) in [5, 5.41) is 1.24. The Kier molecular flexibility index (Phi) is 4.89. The van der Waals surface area contributed by atoms with E-state index in [0.29, 0.717) is 42.9 Å². The topological polar surface area (TPSA) is 20.3 Å². The van der Waals surface area contributed by atoms with Gasteiger partial charge in [-0.05, 0) is 0 Å². The Balaban J connectivity index is 1.44. The van der Waals surface area contributed by atoms with Gasteiger partial charge < -0.3 is 0 Å². The fraction of sp³-hybridized carbons (Fsp3) is 0.708. The van der Waals surface area contributed by atoms with Crippen molar-refractivity contribution in [1.82, 2.24) is 4.90 Å². The summed E-state index contributed by atoms with van der Waals surface area (Å²) in [4.78, 5) is 16.3. The maximum atomic E-state index is 13.2. The molecule has 0 amide bonds. The van der Waals surface area contributed by atoms with Crippen molar-refractivity contribution in [2.45, 2.75) is 76.6 Å². The van der Waals surface area contributed by atoms with Crippen LogP contribution in [0.5, 0.6) is 0 Å². The van der Waals surface area contributed by atoms with Crippen molar-refractivity contribution in [1.29, 1.82) is 0 Å². The van der Waals surface area contributed by atoms with E-state index in [2.05, 4.69) is 69.9 Å². The van der Waals surface area contributed by atoms with Crippen LogP contribution >= 0.6 is 0 Å². The van der Waals surface area contributed by atoms with Crippen molar-refractivity contribution < 1.29 is 4.79 Å². The molecule has 0 N–H and O–H groups in total. The van der Waals surface area contributed by atoms with Crippen molar-refractivity contribution in [3.8, 4) is 0 Å². The van der Waals surface area contributed by atoms with Gasteiger partial charge in [0.2, 0.25) is 0 Å². The standard InChI is InChI=1S/C24H35NOSe/c1-22(2)13-18(25(16-22)14-17-9-7-6-8-10-17)15-27-20-19-11-12-24(5,21(20)26)23(19,3)4/h6-10,18-20H,11-16H2,1-5H3/t18?,19-,20-,24-/m0/s1. The van der Waals surface area contributed by atoms with Crippen LogP contribution in [-0.4, -0.2) is 38.2 Å². The maximum absolute atomic E-state index is 13.2. The molecule has 1 heterocycles. The molecule has 2 saturated carbocycles. The number of hydrogen-bond donors (Lipinski definition) is 0. The van der Waals surface area contributed by atoms with Crippen LogP contribution in [0.25, 0.3) is 0 Å². The van der Waals surface area contributed by atoms with Crippen LogP contribution in [0.2, 0.25) is 10.1 Å². The summed E-state index contributed by atoms with van der Waals surface area (Å²) in [5.74, 6) is 1.24. The number of Topliss-reactive ketones (excluding diaryl/α,β-unsaturated/α-hetero) is 1. The molecule has 4 atom stereocenters. The van der Waals surface area contributed by atoms with Gasteiger partial charge in [-0.15, -0.1) is 0 Å². The van der Waals surface area contributed by atoms with Crippen molar-refractivity contribution in [2.75, 3.05) is 6.54 Å². The first-order chi connectivity index (χ1) is 12.6. The molecule has 2 bridgehead atoms. The Morgan fingerprint density at radius 1 is 1.11 bits per heavy atom. The zero-order valence-electron chi connectivity index (χ0n) is 17.6. The number of rotatable bonds is 5. The molecule has 3 heteroatoms. The van der Waals surface area contributed by atoms with Crippen LogP contribution in [0.3, 0.4) is 0 Å². The molecule has 27 heavy (non-hydrogen) atoms. The summed E-state index contributed by atoms with van der Waals surface area (Å²) in [7, 11) is 0. The van der Waals surface area contributed by atoms with Gasteiger partial charge in [0.25, 0.3) is 0 Å². The summed E-state index contributed by atoms with van der Waals surface area (Å²) >= 11 is 0.428. The van der Waals surface area contributed by atoms with E-state index in [1.54, 1.807) is 0 Å². The van der Waals surface area contributed by atoms with Crippen molar-refractivity contribution in [3.63, 3.8) is 0 Å². The number of benzene rings is 1. The van der Waals surface area contributed by atoms with E-state index in [4.69, 9.17) is 0 Å². The molecule has 1 saturated heterocycles. The van der Waals surface area contributed by atoms with Crippen LogP contribution in [0.4, 0.5) is 0 Å². The second-order valence-electron chi connectivity index (χ2n) is 10.7. The Morgan fingerprint density at radius 2 is 1.81 bits per heavy atom. The van der Waals surface area contributed by atoms with Gasteiger partial charge >= 0.3 is 172 Å². The van der Waals surface area contributed by atoms with Gasteiger partial charge in [-0.25, -0.2) is 0 Å². The molecule has 1 aromatic carbocycles. The van der Waals surface area contributed by atoms with Gasteiger partial charge in [-0.2, -0.15) is 0 Å². The number of ketones is 1. The van der Waals surface area contributed by atoms with E-state index in [0.717, 1.165) is 13.0 Å². The summed E-state index contributed by atoms with van der Waals surface area (Å²) in [6.07, 6.45) is 3.66. The average molecular weight is 433 g/mol. The number of fused-ring (bicyclic) bond motifs is 2. The zero-order chi connectivity index (χ0) is 19.4. The SMILES string of the molecule is CC1(C)CC(C[Se][C@@H]2C(=O)[C@]3(C)CC[C@@H]2C3(C)C)N(Cc2ccccc2)C1. The Hall–Kier alpha value is -0.631. The van der Waals surface area contributed by atoms with E-state index in [-0.39, 0.29) is 10.8 Å². The number of likely N-dealkylation sites (tertiary alicyclic amines) is 1. The summed E-state index contributed by atoms with van der Waals surface area (Å²) in [5.41, 5.74) is 1.95. The number of carbonyl (C=O) groups is 1. The molecule has 0 aromatic heterocycles. The van der Waals surface area contributed by atoms with Crippen LogP contribution < -0.4 is 0 Å². The molecule has 2 nitrogen and oxygen atoms in total. The molecule has 2 aliphatic carbocycles. The summed E-state index contributed by atoms with van der Waals surface area (Å²) in [6, 6.07) is 11.5. The van der Waals surface area contributed by atoms with Crippen LogP contribution in [0.15, 0.2) is 30.3 Å². The number of nitrogens with zero attached hydrogens (tertiary/aromatic N) is 1. The molecule has 3 fully saturated rings. The molecular weight excluding hydrogens is 397 g/mol. The minimum absolute atomic E-state index is 0.0528. The number of carbonyl (C=O) groups excluding carboxylic acids is 1. The normalized spacial score (nSPS) is 37.2. The van der Waals surface area contributed by atoms with E-state index in [1.165, 1.54) is 30.3 Å². The fourth-order valence-corrected chi connectivity index (χ4v) is 10.0. The molecule has 4 rings (SSSR count). The van der Waals surface area contributed by atoms with Crippen molar-refractivity contribution >= 4 is 20.7 Å². The van der Waals surface area contributed by atoms with Gasteiger partial charge in [0, 0.05) is 0 Å². The number of hydrogen-bond acceptors (Lipinski definition) is 2. The van der Waals surface area contributed by atoms with E-state index in [1.807, 2.05) is 0 Å². The van der Waals surface area contributed by atoms with Gasteiger partial charge in [0.1, 0.15) is 0 Å². The molecule has 1 aromatic rings. The Labute approximate surface area is 171 Å². The molecule has 3 aliphatic rings. The predicted octanol–water partition coefficient (Wildman–Crippen LogP) is 5.22. The minimum atomic E-state index is -0.0528. The van der Waals surface area contributed by atoms with Gasteiger partial charge in [-0.3, -0.25) is 0 Å². The Bertz CT molecular complexity index is 712. The zero-order valence-corrected chi connectivity index (χ0v) is 19.3. The van der Waals surface area contributed by atoms with Crippen molar-refractivity contribution in [3.05, 3.63) is 35.9 Å². The first-order valence-electron chi connectivity index (χ1n) is 10.6. The quantitative estimate of drug-likeness (QED) is 0.595. The summed E-state index contributed by atoms with van der Waals surface area (Å²) in [6.45, 7) is 14.0. The van der Waals surface area contributed by atoms with E-state index >= 15 is 0 Å². The Morgan fingerprint density at radius 3 is 2.44 bits per heavy atom. The fourth-order valence-electron chi connectivity index (χ4n) is 6.09. The van der Waals surface area contributed by atoms with Crippen LogP contribution in [0, 0.1) is 22.2 Å². The second-order valence-corrected chi connectivity index (χ2v) is 13.2. The first kappa shape index (κ1) is 19.7. The third-order valence-corrected chi connectivity index (χ3v) is 11.2. The molecule has 1 aliphatic heterocycles. The molecule has 0 radical (unpaired) electrons. The van der Waals surface area contributed by atoms with Gasteiger partial charge in [-0.1, -0.05) is 0 Å². The van der Waals surface area contributed by atoms with Crippen LogP contribution in [-0.2, 0) is 11.3 Å². The second kappa shape index (κ2) is 6.71. The van der Waals surface area contributed by atoms with Crippen molar-refractivity contribution in [2.24, 2.45) is 22.2 Å². The molecule has 1 unspecified atom stereocenters. The van der Waals surface area contributed by atoms with Gasteiger partial charge in [0.15, 0.2) is 0 Å². The van der Waals surface area contributed by atoms with E-state index < -0.39 is 0 Å². The van der Waals surface area contributed by atoms with Gasteiger partial charge in [0.05, 0.1) is 0 Å². The third-order valence-electron chi connectivity index (χ3n) is 8.10. The molecular formula is C24H35NOSe.